The van der Waals surface area contributed by atoms with E-state index < -0.39 is 32.9 Å². The zero-order valence-electron chi connectivity index (χ0n) is 10.9. The molecule has 0 aliphatic carbocycles. The van der Waals surface area contributed by atoms with E-state index in [4.69, 9.17) is 0 Å². The molecular formula is C11H10F3NO6S. The molecule has 0 fully saturated rings. The van der Waals surface area contributed by atoms with Crippen LogP contribution in [0.25, 0.3) is 0 Å². The van der Waals surface area contributed by atoms with Gasteiger partial charge in [0.2, 0.25) is 0 Å². The first-order valence-corrected chi connectivity index (χ1v) is 7.21. The molecular weight excluding hydrogens is 331 g/mol. The molecule has 0 unspecified atom stereocenters. The van der Waals surface area contributed by atoms with Crippen molar-refractivity contribution in [2.75, 3.05) is 0 Å². The lowest BCUT2D eigenvalue weighted by Gasteiger charge is -2.08. The maximum Gasteiger partial charge on any atom is 0.534 e. The van der Waals surface area contributed by atoms with Crippen molar-refractivity contribution in [3.05, 3.63) is 39.9 Å². The predicted octanol–water partition coefficient (Wildman–Crippen LogP) is 2.31. The van der Waals surface area contributed by atoms with Crippen LogP contribution in [0.3, 0.4) is 0 Å². The van der Waals surface area contributed by atoms with E-state index in [0.29, 0.717) is 0 Å². The van der Waals surface area contributed by atoms with Crippen LogP contribution in [0.5, 0.6) is 0 Å². The van der Waals surface area contributed by atoms with Crippen molar-refractivity contribution in [2.45, 2.75) is 24.8 Å². The van der Waals surface area contributed by atoms with Gasteiger partial charge in [-0.3, -0.25) is 14.9 Å². The topological polar surface area (TPSA) is 104 Å². The third-order valence-corrected chi connectivity index (χ3v) is 3.47. The number of nitrogens with zero attached hydrogens (tertiary/aromatic N) is 1. The van der Waals surface area contributed by atoms with E-state index in [0.717, 1.165) is 0 Å². The number of aryl methyl sites for hydroxylation is 1. The number of benzene rings is 1. The number of para-hydroxylation sites is 1. The maximum absolute atomic E-state index is 12.0. The first-order chi connectivity index (χ1) is 10.0. The lowest BCUT2D eigenvalue weighted by atomic mass is 10.1. The van der Waals surface area contributed by atoms with Gasteiger partial charge in [-0.1, -0.05) is 18.2 Å². The smallest absolute Gasteiger partial charge is 0.339 e. The van der Waals surface area contributed by atoms with Crippen LogP contribution in [0.2, 0.25) is 0 Å². The summed E-state index contributed by atoms with van der Waals surface area (Å²) in [5.41, 5.74) is -5.60. The minimum atomic E-state index is -5.97. The van der Waals surface area contributed by atoms with Gasteiger partial charge in [0.25, 0.3) is 5.69 Å². The summed E-state index contributed by atoms with van der Waals surface area (Å²) in [6.45, 7) is 0. The van der Waals surface area contributed by atoms with Crippen LogP contribution in [0.1, 0.15) is 18.4 Å². The molecule has 11 heteroatoms. The molecule has 0 N–H and O–H groups in total. The average Bonchev–Trinajstić information content (AvgIpc) is 2.37. The van der Waals surface area contributed by atoms with Crippen molar-refractivity contribution in [1.29, 1.82) is 0 Å². The van der Waals surface area contributed by atoms with E-state index >= 15 is 0 Å². The minimum absolute atomic E-state index is 0.0122. The summed E-state index contributed by atoms with van der Waals surface area (Å²) in [7, 11) is -5.97. The van der Waals surface area contributed by atoms with Gasteiger partial charge in [-0.15, -0.1) is 0 Å². The van der Waals surface area contributed by atoms with Gasteiger partial charge in [0.1, 0.15) is 0 Å². The van der Waals surface area contributed by atoms with E-state index in [-0.39, 0.29) is 24.1 Å². The molecule has 22 heavy (non-hydrogen) atoms. The maximum atomic E-state index is 12.0. The van der Waals surface area contributed by atoms with Crippen LogP contribution >= 0.6 is 0 Å². The second kappa shape index (κ2) is 6.73. The summed E-state index contributed by atoms with van der Waals surface area (Å²) in [6, 6.07) is 5.62. The van der Waals surface area contributed by atoms with E-state index in [2.05, 4.69) is 4.18 Å². The number of hydrogen-bond acceptors (Lipinski definition) is 6. The molecule has 0 atom stereocenters. The van der Waals surface area contributed by atoms with Gasteiger partial charge in [0, 0.05) is 18.1 Å². The van der Waals surface area contributed by atoms with Crippen molar-refractivity contribution < 1.29 is 35.5 Å². The second-order valence-corrected chi connectivity index (χ2v) is 5.63. The molecule has 1 rings (SSSR count). The third kappa shape index (κ3) is 4.69. The Hall–Kier alpha value is -2.17. The summed E-state index contributed by atoms with van der Waals surface area (Å²) in [5.74, 6) is -1.57. The van der Waals surface area contributed by atoms with Crippen LogP contribution < -0.4 is 0 Å². The highest BCUT2D eigenvalue weighted by Gasteiger charge is 2.49. The molecule has 0 saturated carbocycles. The molecule has 0 amide bonds. The van der Waals surface area contributed by atoms with Gasteiger partial charge < -0.3 is 4.18 Å². The fourth-order valence-corrected chi connectivity index (χ4v) is 1.96. The SMILES string of the molecule is O=C(CCCc1ccccc1[N+](=O)[O-])OS(=O)(=O)C(F)(F)F. The Bertz CT molecular complexity index is 671. The largest absolute Gasteiger partial charge is 0.534 e. The molecule has 0 aromatic heterocycles. The molecule has 7 nitrogen and oxygen atoms in total. The molecule has 0 radical (unpaired) electrons. The lowest BCUT2D eigenvalue weighted by molar-refractivity contribution is -0.385. The van der Waals surface area contributed by atoms with Crippen LogP contribution in [0.4, 0.5) is 18.9 Å². The fraction of sp³-hybridized carbons (Fsp3) is 0.364. The number of alkyl halides is 3. The molecule has 0 aliphatic rings. The monoisotopic (exact) mass is 341 g/mol. The quantitative estimate of drug-likeness (QED) is 0.340. The van der Waals surface area contributed by atoms with E-state index in [1.54, 1.807) is 0 Å². The molecule has 0 aliphatic heterocycles. The summed E-state index contributed by atoms with van der Waals surface area (Å²) in [6.07, 6.45) is -0.712. The van der Waals surface area contributed by atoms with Gasteiger partial charge in [-0.05, 0) is 12.8 Å². The highest BCUT2D eigenvalue weighted by Crippen LogP contribution is 2.25. The molecule has 0 spiro atoms. The molecule has 1 aromatic carbocycles. The van der Waals surface area contributed by atoms with Crippen LogP contribution in [-0.4, -0.2) is 24.8 Å². The minimum Gasteiger partial charge on any atom is -0.339 e. The summed E-state index contributed by atoms with van der Waals surface area (Å²) < 4.78 is 60.5. The normalized spacial score (nSPS) is 12.0. The van der Waals surface area contributed by atoms with Crippen LogP contribution in [-0.2, 0) is 25.5 Å². The Morgan fingerprint density at radius 1 is 1.27 bits per heavy atom. The van der Waals surface area contributed by atoms with Gasteiger partial charge >= 0.3 is 21.6 Å². The summed E-state index contributed by atoms with van der Waals surface area (Å²) >= 11 is 0. The number of halogens is 3. The zero-order valence-corrected chi connectivity index (χ0v) is 11.7. The standard InChI is InChI=1S/C11H10F3NO6S/c12-11(13,14)22(19,20)21-10(16)7-3-5-8-4-1-2-6-9(8)15(17)18/h1-2,4,6H,3,5,7H2. The first kappa shape index (κ1) is 17.9. The highest BCUT2D eigenvalue weighted by molar-refractivity contribution is 7.88. The van der Waals surface area contributed by atoms with Crippen molar-refractivity contribution in [2.24, 2.45) is 0 Å². The fourth-order valence-electron chi connectivity index (χ4n) is 1.53. The Morgan fingerprint density at radius 3 is 2.41 bits per heavy atom. The van der Waals surface area contributed by atoms with Crippen LogP contribution in [0, 0.1) is 10.1 Å². The van der Waals surface area contributed by atoms with Crippen molar-refractivity contribution in [1.82, 2.24) is 0 Å². The number of rotatable bonds is 6. The molecule has 0 heterocycles. The number of carbonyl (C=O) groups excluding carboxylic acids is 1. The number of nitro groups is 1. The van der Waals surface area contributed by atoms with E-state index in [9.17, 15) is 36.5 Å². The Morgan fingerprint density at radius 2 is 1.86 bits per heavy atom. The summed E-state index contributed by atoms with van der Waals surface area (Å²) in [4.78, 5) is 21.2. The van der Waals surface area contributed by atoms with Gasteiger partial charge in [0.15, 0.2) is 0 Å². The predicted molar refractivity (Wildman–Crippen MR) is 67.1 cm³/mol. The van der Waals surface area contributed by atoms with Crippen LogP contribution in [0.15, 0.2) is 24.3 Å². The highest BCUT2D eigenvalue weighted by atomic mass is 32.2. The van der Waals surface area contributed by atoms with Crippen molar-refractivity contribution >= 4 is 21.8 Å². The molecule has 0 saturated heterocycles. The Kier molecular flexibility index (Phi) is 5.47. The average molecular weight is 341 g/mol. The third-order valence-electron chi connectivity index (χ3n) is 2.50. The zero-order chi connectivity index (χ0) is 17.0. The first-order valence-electron chi connectivity index (χ1n) is 5.80. The Labute approximate surface area is 123 Å². The van der Waals surface area contributed by atoms with Crippen molar-refractivity contribution in [3.8, 4) is 0 Å². The van der Waals surface area contributed by atoms with Gasteiger partial charge in [-0.25, -0.2) is 0 Å². The van der Waals surface area contributed by atoms with E-state index in [1.807, 2.05) is 0 Å². The van der Waals surface area contributed by atoms with Gasteiger partial charge in [0.05, 0.1) is 4.92 Å². The van der Waals surface area contributed by atoms with Gasteiger partial charge in [-0.2, -0.15) is 21.6 Å². The molecule has 122 valence electrons. The van der Waals surface area contributed by atoms with E-state index in [1.165, 1.54) is 24.3 Å². The van der Waals surface area contributed by atoms with Crippen molar-refractivity contribution in [3.63, 3.8) is 0 Å². The lowest BCUT2D eigenvalue weighted by Crippen LogP contribution is -2.28. The Balaban J connectivity index is 2.59. The number of carbonyl (C=O) groups is 1. The summed E-state index contributed by atoms with van der Waals surface area (Å²) in [5, 5.41) is 10.7. The second-order valence-electron chi connectivity index (χ2n) is 4.09. The number of nitro benzene ring substituents is 1. The molecule has 1 aromatic rings. The molecule has 0 bridgehead atoms. The number of hydrogen-bond donors (Lipinski definition) is 0.